The topological polar surface area (TPSA) is 12.5 Å². The van der Waals surface area contributed by atoms with E-state index in [1.165, 1.54) is 48.3 Å². The van der Waals surface area contributed by atoms with Gasteiger partial charge in [-0.05, 0) is 54.6 Å². The minimum atomic E-state index is 0.913. The number of unbranched alkanes of at least 4 members (excludes halogenated alkanes) is 4. The average molecular weight is 358 g/mol. The Labute approximate surface area is 157 Å². The molecule has 0 aliphatic rings. The molecule has 2 aromatic carbocycles. The van der Waals surface area contributed by atoms with Crippen molar-refractivity contribution in [1.29, 1.82) is 0 Å². The van der Waals surface area contributed by atoms with Gasteiger partial charge in [0.05, 0.1) is 7.11 Å². The summed E-state index contributed by atoms with van der Waals surface area (Å²) in [5.41, 5.74) is 2.63. The Morgan fingerprint density at radius 1 is 0.880 bits per heavy atom. The van der Waals surface area contributed by atoms with Crippen LogP contribution in [0.4, 0.5) is 5.69 Å². The molecule has 0 amide bonds. The fourth-order valence-electron chi connectivity index (χ4n) is 2.95. The smallest absolute Gasteiger partial charge is 0.119 e. The molecule has 2 nitrogen and oxygen atoms in total. The van der Waals surface area contributed by atoms with E-state index in [1.807, 2.05) is 0 Å². The zero-order valence-corrected chi connectivity index (χ0v) is 16.6. The maximum absolute atomic E-state index is 5.30. The van der Waals surface area contributed by atoms with Crippen molar-refractivity contribution in [1.82, 2.24) is 0 Å². The number of benzene rings is 2. The summed E-state index contributed by atoms with van der Waals surface area (Å²) < 4.78 is 5.30. The molecule has 2 aromatic rings. The van der Waals surface area contributed by atoms with Gasteiger partial charge in [-0.15, -0.1) is 11.8 Å². The maximum atomic E-state index is 5.30. The summed E-state index contributed by atoms with van der Waals surface area (Å²) >= 11 is 1.79. The van der Waals surface area contributed by atoms with Crippen LogP contribution in [0.3, 0.4) is 0 Å². The predicted molar refractivity (Wildman–Crippen MR) is 111 cm³/mol. The Morgan fingerprint density at radius 2 is 1.56 bits per heavy atom. The zero-order valence-electron chi connectivity index (χ0n) is 15.8. The van der Waals surface area contributed by atoms with Crippen molar-refractivity contribution in [2.45, 2.75) is 50.5 Å². The van der Waals surface area contributed by atoms with Crippen LogP contribution in [-0.2, 0) is 6.54 Å². The van der Waals surface area contributed by atoms with E-state index in [9.17, 15) is 0 Å². The third kappa shape index (κ3) is 6.66. The molecule has 0 saturated carbocycles. The van der Waals surface area contributed by atoms with Crippen LogP contribution < -0.4 is 9.64 Å². The van der Waals surface area contributed by atoms with Gasteiger partial charge in [0.15, 0.2) is 0 Å². The third-order valence-corrected chi connectivity index (χ3v) is 5.25. The third-order valence-electron chi connectivity index (χ3n) is 4.50. The maximum Gasteiger partial charge on any atom is 0.119 e. The van der Waals surface area contributed by atoms with E-state index >= 15 is 0 Å². The first-order valence-electron chi connectivity index (χ1n) is 9.28. The van der Waals surface area contributed by atoms with Crippen LogP contribution in [0, 0.1) is 0 Å². The second kappa shape index (κ2) is 11.1. The summed E-state index contributed by atoms with van der Waals surface area (Å²) in [5, 5.41) is 0. The van der Waals surface area contributed by atoms with Crippen molar-refractivity contribution in [3.05, 3.63) is 54.1 Å². The molecule has 0 radical (unpaired) electrons. The number of hydrogen-bond donors (Lipinski definition) is 0. The fraction of sp³-hybridized carbons (Fsp3) is 0.455. The Hall–Kier alpha value is -1.61. The lowest BCUT2D eigenvalue weighted by atomic mass is 10.1. The molecule has 0 aromatic heterocycles. The highest BCUT2D eigenvalue weighted by molar-refractivity contribution is 7.98. The van der Waals surface area contributed by atoms with Crippen LogP contribution in [0.15, 0.2) is 53.4 Å². The Kier molecular flexibility index (Phi) is 8.75. The van der Waals surface area contributed by atoms with Gasteiger partial charge in [-0.1, -0.05) is 44.7 Å². The standard InChI is InChI=1S/C22H31NOS/c1-4-5-6-7-8-17-23(20-11-13-21(24-2)14-12-20)18-19-9-15-22(25-3)16-10-19/h9-16H,4-8,17-18H2,1-3H3. The second-order valence-electron chi connectivity index (χ2n) is 6.38. The molecule has 136 valence electrons. The van der Waals surface area contributed by atoms with E-state index in [-0.39, 0.29) is 0 Å². The first-order chi connectivity index (χ1) is 12.3. The van der Waals surface area contributed by atoms with Crippen molar-refractivity contribution in [3.63, 3.8) is 0 Å². The van der Waals surface area contributed by atoms with Crippen molar-refractivity contribution in [3.8, 4) is 5.75 Å². The first-order valence-corrected chi connectivity index (χ1v) is 10.5. The van der Waals surface area contributed by atoms with E-state index in [0.29, 0.717) is 0 Å². The number of nitrogens with zero attached hydrogens (tertiary/aromatic N) is 1. The lowest BCUT2D eigenvalue weighted by Crippen LogP contribution is -2.23. The average Bonchev–Trinajstić information content (AvgIpc) is 2.67. The minimum Gasteiger partial charge on any atom is -0.497 e. The number of hydrogen-bond acceptors (Lipinski definition) is 3. The van der Waals surface area contributed by atoms with Crippen molar-refractivity contribution in [2.75, 3.05) is 24.8 Å². The van der Waals surface area contributed by atoms with Crippen LogP contribution >= 0.6 is 11.8 Å². The van der Waals surface area contributed by atoms with E-state index < -0.39 is 0 Å². The zero-order chi connectivity index (χ0) is 17.9. The highest BCUT2D eigenvalue weighted by Crippen LogP contribution is 2.23. The van der Waals surface area contributed by atoms with Gasteiger partial charge < -0.3 is 9.64 Å². The van der Waals surface area contributed by atoms with Gasteiger partial charge in [-0.2, -0.15) is 0 Å². The number of methoxy groups -OCH3 is 1. The van der Waals surface area contributed by atoms with E-state index in [4.69, 9.17) is 4.74 Å². The Bertz CT molecular complexity index is 594. The molecule has 0 atom stereocenters. The molecule has 0 heterocycles. The predicted octanol–water partition coefficient (Wildman–Crippen LogP) is 6.39. The number of ether oxygens (including phenoxy) is 1. The van der Waals surface area contributed by atoms with Crippen LogP contribution in [-0.4, -0.2) is 19.9 Å². The van der Waals surface area contributed by atoms with Crippen molar-refractivity contribution < 1.29 is 4.74 Å². The first kappa shape index (κ1) is 19.7. The lowest BCUT2D eigenvalue weighted by Gasteiger charge is -2.25. The van der Waals surface area contributed by atoms with Crippen LogP contribution in [0.5, 0.6) is 5.75 Å². The molecule has 0 spiro atoms. The van der Waals surface area contributed by atoms with Crippen LogP contribution in [0.1, 0.15) is 44.6 Å². The molecule has 2 rings (SSSR count). The largest absolute Gasteiger partial charge is 0.497 e. The lowest BCUT2D eigenvalue weighted by molar-refractivity contribution is 0.415. The molecule has 0 unspecified atom stereocenters. The van der Waals surface area contributed by atoms with Gasteiger partial charge in [0.1, 0.15) is 5.75 Å². The van der Waals surface area contributed by atoms with E-state index in [1.54, 1.807) is 18.9 Å². The SMILES string of the molecule is CCCCCCCN(Cc1ccc(SC)cc1)c1ccc(OC)cc1. The van der Waals surface area contributed by atoms with Gasteiger partial charge in [0.25, 0.3) is 0 Å². The molecule has 0 aliphatic heterocycles. The number of anilines is 1. The van der Waals surface area contributed by atoms with Crippen molar-refractivity contribution >= 4 is 17.4 Å². The molecule has 3 heteroatoms. The minimum absolute atomic E-state index is 0.913. The summed E-state index contributed by atoms with van der Waals surface area (Å²) in [6.07, 6.45) is 8.66. The Morgan fingerprint density at radius 3 is 2.16 bits per heavy atom. The molecular formula is C22H31NOS. The monoisotopic (exact) mass is 357 g/mol. The number of thioether (sulfide) groups is 1. The summed E-state index contributed by atoms with van der Waals surface area (Å²) in [6, 6.07) is 17.4. The molecule has 0 saturated heterocycles. The van der Waals surface area contributed by atoms with Gasteiger partial charge in [0, 0.05) is 23.7 Å². The summed E-state index contributed by atoms with van der Waals surface area (Å²) in [7, 11) is 1.72. The highest BCUT2D eigenvalue weighted by Gasteiger charge is 2.08. The molecular weight excluding hydrogens is 326 g/mol. The fourth-order valence-corrected chi connectivity index (χ4v) is 3.36. The summed E-state index contributed by atoms with van der Waals surface area (Å²) in [5.74, 6) is 0.913. The molecule has 0 aliphatic carbocycles. The van der Waals surface area contributed by atoms with Crippen LogP contribution in [0.2, 0.25) is 0 Å². The van der Waals surface area contributed by atoms with Crippen LogP contribution in [0.25, 0.3) is 0 Å². The normalized spacial score (nSPS) is 10.7. The summed E-state index contributed by atoms with van der Waals surface area (Å²) in [4.78, 5) is 3.80. The van der Waals surface area contributed by atoms with Gasteiger partial charge >= 0.3 is 0 Å². The van der Waals surface area contributed by atoms with Gasteiger partial charge in [-0.3, -0.25) is 0 Å². The molecule has 0 bridgehead atoms. The molecule has 25 heavy (non-hydrogen) atoms. The Balaban J connectivity index is 2.03. The van der Waals surface area contributed by atoms with Gasteiger partial charge in [-0.25, -0.2) is 0 Å². The second-order valence-corrected chi connectivity index (χ2v) is 7.26. The van der Waals surface area contributed by atoms with Crippen molar-refractivity contribution in [2.24, 2.45) is 0 Å². The highest BCUT2D eigenvalue weighted by atomic mass is 32.2. The molecule has 0 fully saturated rings. The van der Waals surface area contributed by atoms with E-state index in [2.05, 4.69) is 66.6 Å². The number of rotatable bonds is 11. The quantitative estimate of drug-likeness (QED) is 0.341. The molecule has 0 N–H and O–H groups in total. The van der Waals surface area contributed by atoms with Gasteiger partial charge in [0.2, 0.25) is 0 Å². The van der Waals surface area contributed by atoms with E-state index in [0.717, 1.165) is 18.8 Å². The summed E-state index contributed by atoms with van der Waals surface area (Å²) in [6.45, 7) is 4.32.